The van der Waals surface area contributed by atoms with Crippen LogP contribution in [0.3, 0.4) is 0 Å². The lowest BCUT2D eigenvalue weighted by Gasteiger charge is -2.58. The Morgan fingerprint density at radius 2 is 1.67 bits per heavy atom. The maximum absolute atomic E-state index is 12.9. The van der Waals surface area contributed by atoms with Crippen LogP contribution in [0.1, 0.15) is 64.2 Å². The highest BCUT2D eigenvalue weighted by Crippen LogP contribution is 2.62. The van der Waals surface area contributed by atoms with E-state index in [1.165, 1.54) is 25.7 Å². The number of amides is 1. The van der Waals surface area contributed by atoms with E-state index in [2.05, 4.69) is 12.2 Å². The first-order chi connectivity index (χ1) is 13.0. The van der Waals surface area contributed by atoms with Gasteiger partial charge >= 0.3 is 0 Å². The molecule has 8 unspecified atom stereocenters. The van der Waals surface area contributed by atoms with E-state index in [1.807, 2.05) is 0 Å². The second-order valence-electron chi connectivity index (χ2n) is 9.98. The summed E-state index contributed by atoms with van der Waals surface area (Å²) in [6.07, 6.45) is 14.5. The van der Waals surface area contributed by atoms with Gasteiger partial charge in [0.2, 0.25) is 11.7 Å². The molecule has 1 amide bonds. The fourth-order valence-corrected chi connectivity index (χ4v) is 8.09. The molecule has 0 bridgehead atoms. The summed E-state index contributed by atoms with van der Waals surface area (Å²) in [5.74, 6) is 2.31. The molecule has 4 fully saturated rings. The number of hydrogen-bond donors (Lipinski definition) is 1. The number of allylic oxidation sites excluding steroid dienone is 2. The van der Waals surface area contributed by atoms with Crippen molar-refractivity contribution < 1.29 is 14.4 Å². The van der Waals surface area contributed by atoms with Crippen LogP contribution >= 0.6 is 0 Å². The second-order valence-corrected chi connectivity index (χ2v) is 9.98. The lowest BCUT2D eigenvalue weighted by atomic mass is 9.44. The Kier molecular flexibility index (Phi) is 4.10. The highest BCUT2D eigenvalue weighted by atomic mass is 16.2. The third-order valence-corrected chi connectivity index (χ3v) is 9.25. The normalized spacial score (nSPS) is 48.8. The van der Waals surface area contributed by atoms with Crippen LogP contribution in [0.2, 0.25) is 0 Å². The zero-order valence-corrected chi connectivity index (χ0v) is 16.1. The number of fused-ring (bicyclic) bond motifs is 7. The fourth-order valence-electron chi connectivity index (χ4n) is 8.09. The first-order valence-corrected chi connectivity index (χ1v) is 11.1. The molecule has 0 aromatic heterocycles. The van der Waals surface area contributed by atoms with Gasteiger partial charge in [-0.15, -0.1) is 0 Å². The predicted molar refractivity (Wildman–Crippen MR) is 101 cm³/mol. The molecule has 0 spiro atoms. The minimum absolute atomic E-state index is 0.188. The van der Waals surface area contributed by atoms with Gasteiger partial charge in [0.25, 0.3) is 0 Å². The standard InChI is InChI=1S/C23H31NO3/c24-22(27)23-11-9-17-16-6-5-13-3-1-2-4-14(13)15(16)7-8-18(17)20(23)21(26)19(25)10-12-23/h2,4,13-18,20H,1,3,5-12H2,(H2,24,27). The summed E-state index contributed by atoms with van der Waals surface area (Å²) >= 11 is 0. The Bertz CT molecular complexity index is 712. The van der Waals surface area contributed by atoms with E-state index in [0.717, 1.165) is 31.1 Å². The lowest BCUT2D eigenvalue weighted by Crippen LogP contribution is -2.60. The number of Topliss-reactive ketones (excluding diaryl/α,β-unsaturated/α-hetero) is 2. The lowest BCUT2D eigenvalue weighted by molar-refractivity contribution is -0.165. The topological polar surface area (TPSA) is 77.2 Å². The summed E-state index contributed by atoms with van der Waals surface area (Å²) in [6.45, 7) is 0. The summed E-state index contributed by atoms with van der Waals surface area (Å²) in [7, 11) is 0. The van der Waals surface area contributed by atoms with Crippen LogP contribution < -0.4 is 5.73 Å². The van der Waals surface area contributed by atoms with Crippen LogP contribution in [0.15, 0.2) is 12.2 Å². The molecule has 0 aromatic carbocycles. The Hall–Kier alpha value is -1.45. The molecule has 5 aliphatic carbocycles. The fraction of sp³-hybridized carbons (Fsp3) is 0.783. The minimum Gasteiger partial charge on any atom is -0.369 e. The van der Waals surface area contributed by atoms with E-state index in [0.29, 0.717) is 30.6 Å². The van der Waals surface area contributed by atoms with Gasteiger partial charge in [0.1, 0.15) is 0 Å². The van der Waals surface area contributed by atoms with Crippen LogP contribution in [-0.4, -0.2) is 17.5 Å². The van der Waals surface area contributed by atoms with Gasteiger partial charge in [-0.3, -0.25) is 14.4 Å². The molecular weight excluding hydrogens is 338 g/mol. The van der Waals surface area contributed by atoms with Gasteiger partial charge in [0, 0.05) is 12.3 Å². The van der Waals surface area contributed by atoms with Crippen molar-refractivity contribution in [2.45, 2.75) is 64.2 Å². The van der Waals surface area contributed by atoms with Gasteiger partial charge in [-0.25, -0.2) is 0 Å². The molecule has 4 saturated carbocycles. The summed E-state index contributed by atoms with van der Waals surface area (Å²) < 4.78 is 0. The van der Waals surface area contributed by atoms with Gasteiger partial charge in [-0.1, -0.05) is 12.2 Å². The first kappa shape index (κ1) is 17.6. The highest BCUT2D eigenvalue weighted by molar-refractivity contribution is 6.39. The molecule has 4 heteroatoms. The van der Waals surface area contributed by atoms with Gasteiger partial charge in [0.15, 0.2) is 5.78 Å². The summed E-state index contributed by atoms with van der Waals surface area (Å²) in [5, 5.41) is 0. The van der Waals surface area contributed by atoms with Crippen LogP contribution in [0.5, 0.6) is 0 Å². The first-order valence-electron chi connectivity index (χ1n) is 11.1. The smallest absolute Gasteiger partial charge is 0.224 e. The summed E-state index contributed by atoms with van der Waals surface area (Å²) in [4.78, 5) is 37.6. The van der Waals surface area contributed by atoms with Crippen molar-refractivity contribution in [2.24, 2.45) is 52.6 Å². The molecule has 5 rings (SSSR count). The Labute approximate surface area is 161 Å². The van der Waals surface area contributed by atoms with E-state index < -0.39 is 11.3 Å². The Morgan fingerprint density at radius 1 is 0.926 bits per heavy atom. The third kappa shape index (κ3) is 2.44. The number of primary amides is 1. The van der Waals surface area contributed by atoms with Crippen LogP contribution in [-0.2, 0) is 14.4 Å². The minimum atomic E-state index is -0.749. The molecule has 0 aliphatic heterocycles. The van der Waals surface area contributed by atoms with Crippen LogP contribution in [0, 0.1) is 46.8 Å². The van der Waals surface area contributed by atoms with Crippen LogP contribution in [0.25, 0.3) is 0 Å². The Morgan fingerprint density at radius 3 is 2.48 bits per heavy atom. The molecule has 4 nitrogen and oxygen atoms in total. The van der Waals surface area contributed by atoms with Crippen molar-refractivity contribution in [2.75, 3.05) is 0 Å². The van der Waals surface area contributed by atoms with Gasteiger partial charge in [-0.05, 0) is 93.3 Å². The van der Waals surface area contributed by atoms with E-state index in [-0.39, 0.29) is 29.8 Å². The molecule has 27 heavy (non-hydrogen) atoms. The quantitative estimate of drug-likeness (QED) is 0.568. The van der Waals surface area contributed by atoms with Crippen molar-refractivity contribution in [3.05, 3.63) is 12.2 Å². The van der Waals surface area contributed by atoms with Crippen LogP contribution in [0.4, 0.5) is 0 Å². The van der Waals surface area contributed by atoms with Crippen molar-refractivity contribution in [3.8, 4) is 0 Å². The molecule has 8 atom stereocenters. The molecule has 0 saturated heterocycles. The Balaban J connectivity index is 1.47. The zero-order chi connectivity index (χ0) is 18.8. The molecule has 2 N–H and O–H groups in total. The van der Waals surface area contributed by atoms with Gasteiger partial charge < -0.3 is 5.73 Å². The molecule has 5 aliphatic rings. The molecule has 0 radical (unpaired) electrons. The average Bonchev–Trinajstić information content (AvgIpc) is 2.69. The molecular formula is C23H31NO3. The SMILES string of the molecule is NC(=O)C12CCC(=O)C(=O)C1C1CCC3C4C=CCCC4CCC3C1CC2. The molecule has 0 aromatic rings. The molecule has 146 valence electrons. The monoisotopic (exact) mass is 369 g/mol. The molecule has 0 heterocycles. The number of ketones is 2. The number of rotatable bonds is 1. The number of carbonyl (C=O) groups excluding carboxylic acids is 3. The van der Waals surface area contributed by atoms with Crippen molar-refractivity contribution in [1.82, 2.24) is 0 Å². The third-order valence-electron chi connectivity index (χ3n) is 9.25. The van der Waals surface area contributed by atoms with Gasteiger partial charge in [0.05, 0.1) is 5.41 Å². The van der Waals surface area contributed by atoms with E-state index in [9.17, 15) is 14.4 Å². The highest BCUT2D eigenvalue weighted by Gasteiger charge is 2.61. The van der Waals surface area contributed by atoms with E-state index in [1.54, 1.807) is 0 Å². The summed E-state index contributed by atoms with van der Waals surface area (Å²) in [6, 6.07) is 0. The summed E-state index contributed by atoms with van der Waals surface area (Å²) in [5.41, 5.74) is 5.10. The van der Waals surface area contributed by atoms with E-state index in [4.69, 9.17) is 5.73 Å². The van der Waals surface area contributed by atoms with Gasteiger partial charge in [-0.2, -0.15) is 0 Å². The second kappa shape index (κ2) is 6.28. The van der Waals surface area contributed by atoms with Crippen molar-refractivity contribution >= 4 is 17.5 Å². The number of hydrogen-bond acceptors (Lipinski definition) is 3. The number of carbonyl (C=O) groups is 3. The van der Waals surface area contributed by atoms with Crippen molar-refractivity contribution in [3.63, 3.8) is 0 Å². The average molecular weight is 370 g/mol. The largest absolute Gasteiger partial charge is 0.369 e. The predicted octanol–water partition coefficient (Wildman–Crippen LogP) is 3.43. The zero-order valence-electron chi connectivity index (χ0n) is 16.1. The van der Waals surface area contributed by atoms with Crippen molar-refractivity contribution in [1.29, 1.82) is 0 Å². The number of nitrogens with two attached hydrogens (primary N) is 1. The maximum Gasteiger partial charge on any atom is 0.224 e. The maximum atomic E-state index is 12.9. The van der Waals surface area contributed by atoms with E-state index >= 15 is 0 Å².